The van der Waals surface area contributed by atoms with Crippen LogP contribution in [0.15, 0.2) is 36.8 Å². The number of aromatic nitrogens is 4. The molecule has 0 aromatic carbocycles. The number of nitrogens with zero attached hydrogens (tertiary/aromatic N) is 4. The first-order chi connectivity index (χ1) is 9.13. The van der Waals surface area contributed by atoms with Crippen LogP contribution < -0.4 is 11.5 Å². The van der Waals surface area contributed by atoms with E-state index < -0.39 is 5.91 Å². The first-order valence-corrected chi connectivity index (χ1v) is 5.69. The summed E-state index contributed by atoms with van der Waals surface area (Å²) < 4.78 is 3.47. The second-order valence-electron chi connectivity index (χ2n) is 4.19. The van der Waals surface area contributed by atoms with E-state index in [4.69, 9.17) is 11.5 Å². The first kappa shape index (κ1) is 11.3. The third kappa shape index (κ3) is 2.01. The van der Waals surface area contributed by atoms with Crippen LogP contribution in [0.3, 0.4) is 0 Å². The van der Waals surface area contributed by atoms with Gasteiger partial charge in [-0.25, -0.2) is 4.98 Å². The van der Waals surface area contributed by atoms with Gasteiger partial charge in [-0.05, 0) is 12.1 Å². The van der Waals surface area contributed by atoms with Gasteiger partial charge in [-0.2, -0.15) is 5.10 Å². The predicted molar refractivity (Wildman–Crippen MR) is 69.5 cm³/mol. The number of carbonyl (C=O) groups is 1. The Balaban J connectivity index is 1.92. The standard InChI is InChI=1S/C12H12N6O/c13-9-7-18(16-11(9)12(14)19)6-8-5-17-4-2-1-3-10(17)15-8/h1-5,7H,6,13H2,(H2,14,19). The molecule has 0 aliphatic heterocycles. The Labute approximate surface area is 108 Å². The average Bonchev–Trinajstić information content (AvgIpc) is 2.92. The van der Waals surface area contributed by atoms with E-state index in [0.29, 0.717) is 6.54 Å². The summed E-state index contributed by atoms with van der Waals surface area (Å²) in [7, 11) is 0. The minimum absolute atomic E-state index is 0.0868. The van der Waals surface area contributed by atoms with Crippen LogP contribution in [0.25, 0.3) is 5.65 Å². The molecule has 4 N–H and O–H groups in total. The SMILES string of the molecule is NC(=O)c1nn(Cc2cn3ccccc3n2)cc1N. The largest absolute Gasteiger partial charge is 0.396 e. The van der Waals surface area contributed by atoms with Gasteiger partial charge in [0, 0.05) is 18.6 Å². The van der Waals surface area contributed by atoms with Gasteiger partial charge >= 0.3 is 0 Å². The van der Waals surface area contributed by atoms with E-state index >= 15 is 0 Å². The molecule has 0 unspecified atom stereocenters. The Kier molecular flexibility index (Phi) is 2.45. The molecule has 7 nitrogen and oxygen atoms in total. The number of rotatable bonds is 3. The van der Waals surface area contributed by atoms with Crippen molar-refractivity contribution in [1.29, 1.82) is 0 Å². The summed E-state index contributed by atoms with van der Waals surface area (Å²) in [6, 6.07) is 5.76. The highest BCUT2D eigenvalue weighted by Crippen LogP contribution is 2.11. The number of hydrogen-bond donors (Lipinski definition) is 2. The maximum Gasteiger partial charge on any atom is 0.271 e. The van der Waals surface area contributed by atoms with Crippen LogP contribution in [0.1, 0.15) is 16.2 Å². The number of pyridine rings is 1. The number of imidazole rings is 1. The number of fused-ring (bicyclic) bond motifs is 1. The van der Waals surface area contributed by atoms with Gasteiger partial charge in [-0.3, -0.25) is 9.48 Å². The third-order valence-electron chi connectivity index (χ3n) is 2.76. The van der Waals surface area contributed by atoms with Crippen molar-refractivity contribution in [3.05, 3.63) is 48.2 Å². The summed E-state index contributed by atoms with van der Waals surface area (Å²) in [5.74, 6) is -0.633. The highest BCUT2D eigenvalue weighted by Gasteiger charge is 2.12. The number of amides is 1. The molecular formula is C12H12N6O. The summed E-state index contributed by atoms with van der Waals surface area (Å²) in [4.78, 5) is 15.5. The zero-order chi connectivity index (χ0) is 13.4. The topological polar surface area (TPSA) is 104 Å². The van der Waals surface area contributed by atoms with Crippen LogP contribution in [-0.2, 0) is 6.54 Å². The van der Waals surface area contributed by atoms with E-state index in [2.05, 4.69) is 10.1 Å². The Morgan fingerprint density at radius 2 is 2.16 bits per heavy atom. The third-order valence-corrected chi connectivity index (χ3v) is 2.76. The van der Waals surface area contributed by atoms with Crippen molar-refractivity contribution in [2.45, 2.75) is 6.54 Å². The molecule has 3 rings (SSSR count). The van der Waals surface area contributed by atoms with Crippen LogP contribution in [0, 0.1) is 0 Å². The normalized spacial score (nSPS) is 10.9. The zero-order valence-corrected chi connectivity index (χ0v) is 10.0. The lowest BCUT2D eigenvalue weighted by Crippen LogP contribution is -2.14. The van der Waals surface area contributed by atoms with Gasteiger partial charge in [0.1, 0.15) is 5.65 Å². The monoisotopic (exact) mass is 256 g/mol. The highest BCUT2D eigenvalue weighted by atomic mass is 16.1. The fraction of sp³-hybridized carbons (Fsp3) is 0.0833. The molecule has 7 heteroatoms. The van der Waals surface area contributed by atoms with Gasteiger partial charge in [0.25, 0.3) is 5.91 Å². The van der Waals surface area contributed by atoms with Crippen LogP contribution in [0.2, 0.25) is 0 Å². The maximum absolute atomic E-state index is 11.1. The minimum atomic E-state index is -0.633. The van der Waals surface area contributed by atoms with Crippen molar-refractivity contribution in [3.63, 3.8) is 0 Å². The van der Waals surface area contributed by atoms with Crippen LogP contribution in [-0.4, -0.2) is 25.1 Å². The van der Waals surface area contributed by atoms with Gasteiger partial charge in [0.05, 0.1) is 17.9 Å². The Morgan fingerprint density at radius 3 is 2.84 bits per heavy atom. The fourth-order valence-corrected chi connectivity index (χ4v) is 1.94. The lowest BCUT2D eigenvalue weighted by atomic mass is 10.4. The Morgan fingerprint density at radius 1 is 1.32 bits per heavy atom. The second kappa shape index (κ2) is 4.13. The van der Waals surface area contributed by atoms with Crippen LogP contribution >= 0.6 is 0 Å². The predicted octanol–water partition coefficient (Wildman–Crippen LogP) is 0.260. The molecule has 0 bridgehead atoms. The van der Waals surface area contributed by atoms with Crippen molar-refractivity contribution < 1.29 is 4.79 Å². The highest BCUT2D eigenvalue weighted by molar-refractivity contribution is 5.95. The first-order valence-electron chi connectivity index (χ1n) is 5.69. The molecule has 19 heavy (non-hydrogen) atoms. The number of nitrogens with two attached hydrogens (primary N) is 2. The number of hydrogen-bond acceptors (Lipinski definition) is 4. The lowest BCUT2D eigenvalue weighted by Gasteiger charge is -1.95. The molecular weight excluding hydrogens is 244 g/mol. The molecule has 0 saturated heterocycles. The molecule has 0 aliphatic rings. The molecule has 96 valence electrons. The summed E-state index contributed by atoms with van der Waals surface area (Å²) in [5, 5.41) is 4.04. The van der Waals surface area contributed by atoms with Crippen molar-refractivity contribution in [2.75, 3.05) is 5.73 Å². The number of nitrogen functional groups attached to an aromatic ring is 1. The number of carbonyl (C=O) groups excluding carboxylic acids is 1. The van der Waals surface area contributed by atoms with E-state index in [-0.39, 0.29) is 11.4 Å². The molecule has 0 fully saturated rings. The second-order valence-corrected chi connectivity index (χ2v) is 4.19. The van der Waals surface area contributed by atoms with Crippen LogP contribution in [0.5, 0.6) is 0 Å². The van der Waals surface area contributed by atoms with Crippen molar-refractivity contribution in [2.24, 2.45) is 5.73 Å². The molecule has 0 radical (unpaired) electrons. The number of primary amides is 1. The Bertz CT molecular complexity index is 724. The maximum atomic E-state index is 11.1. The van der Waals surface area contributed by atoms with Crippen molar-refractivity contribution in [1.82, 2.24) is 19.2 Å². The molecule has 3 aromatic rings. The van der Waals surface area contributed by atoms with E-state index in [0.717, 1.165) is 11.3 Å². The molecule has 0 saturated carbocycles. The quantitative estimate of drug-likeness (QED) is 0.701. The molecule has 0 atom stereocenters. The van der Waals surface area contributed by atoms with E-state index in [9.17, 15) is 4.79 Å². The molecule has 0 spiro atoms. The minimum Gasteiger partial charge on any atom is -0.396 e. The summed E-state index contributed by atoms with van der Waals surface area (Å²) in [6.07, 6.45) is 5.39. The van der Waals surface area contributed by atoms with Gasteiger partial charge in [-0.1, -0.05) is 6.07 Å². The van der Waals surface area contributed by atoms with Gasteiger partial charge < -0.3 is 15.9 Å². The van der Waals surface area contributed by atoms with Gasteiger partial charge in [0.2, 0.25) is 0 Å². The summed E-state index contributed by atoms with van der Waals surface area (Å²) >= 11 is 0. The number of anilines is 1. The van der Waals surface area contributed by atoms with Crippen molar-refractivity contribution in [3.8, 4) is 0 Å². The molecule has 3 aromatic heterocycles. The van der Waals surface area contributed by atoms with Gasteiger partial charge in [-0.15, -0.1) is 0 Å². The molecule has 3 heterocycles. The van der Waals surface area contributed by atoms with E-state index in [1.54, 1.807) is 10.9 Å². The van der Waals surface area contributed by atoms with Gasteiger partial charge in [0.15, 0.2) is 5.69 Å². The Hall–Kier alpha value is -2.83. The zero-order valence-electron chi connectivity index (χ0n) is 10.0. The smallest absolute Gasteiger partial charge is 0.271 e. The lowest BCUT2D eigenvalue weighted by molar-refractivity contribution is 0.0995. The van der Waals surface area contributed by atoms with E-state index in [1.165, 1.54) is 0 Å². The van der Waals surface area contributed by atoms with E-state index in [1.807, 2.05) is 35.0 Å². The summed E-state index contributed by atoms with van der Waals surface area (Å²) in [6.45, 7) is 0.430. The molecule has 1 amide bonds. The summed E-state index contributed by atoms with van der Waals surface area (Å²) in [5.41, 5.74) is 12.9. The fourth-order valence-electron chi connectivity index (χ4n) is 1.94. The van der Waals surface area contributed by atoms with Crippen LogP contribution in [0.4, 0.5) is 5.69 Å². The van der Waals surface area contributed by atoms with Crippen molar-refractivity contribution >= 4 is 17.2 Å². The average molecular weight is 256 g/mol. The molecule has 0 aliphatic carbocycles.